The van der Waals surface area contributed by atoms with Gasteiger partial charge in [0.15, 0.2) is 0 Å². The molecule has 0 spiro atoms. The van der Waals surface area contributed by atoms with Gasteiger partial charge in [-0.2, -0.15) is 0 Å². The zero-order chi connectivity index (χ0) is 19.6. The monoisotopic (exact) mass is 365 g/mol. The van der Waals surface area contributed by atoms with E-state index in [1.807, 2.05) is 30.3 Å². The van der Waals surface area contributed by atoms with Crippen LogP contribution in [0.15, 0.2) is 36.4 Å². The smallest absolute Gasteiger partial charge is 0.150 e. The molecule has 2 fully saturated rings. The first-order valence-electron chi connectivity index (χ1n) is 9.76. The zero-order valence-electron chi connectivity index (χ0n) is 16.6. The van der Waals surface area contributed by atoms with Gasteiger partial charge in [-0.3, -0.25) is 4.79 Å². The van der Waals surface area contributed by atoms with E-state index in [1.165, 1.54) is 45.3 Å². The van der Waals surface area contributed by atoms with Gasteiger partial charge in [0.25, 0.3) is 0 Å². The second-order valence-corrected chi connectivity index (χ2v) is 7.52. The van der Waals surface area contributed by atoms with Gasteiger partial charge in [-0.15, -0.1) is 12.8 Å². The molecule has 3 nitrogen and oxygen atoms in total. The second kappa shape index (κ2) is 10.7. The summed E-state index contributed by atoms with van der Waals surface area (Å²) in [4.78, 5) is 13.2. The standard InChI is InChI=1S/C12H10O2.C10H19N.C2H2/c1-14-12-5-4-10-6-9(8-13)2-3-11(10)7-12;1-9-4-6-11(7-5-9)8-10-2-3-10;1-2/h2-8H,1H3;9-10H,2-8H2,1H3;1-2H. The molecule has 3 heteroatoms. The van der Waals surface area contributed by atoms with Gasteiger partial charge in [0.2, 0.25) is 0 Å². The Bertz CT molecular complexity index is 740. The van der Waals surface area contributed by atoms with Crippen molar-refractivity contribution < 1.29 is 9.53 Å². The van der Waals surface area contributed by atoms with Crippen molar-refractivity contribution in [3.63, 3.8) is 0 Å². The molecule has 1 aliphatic heterocycles. The number of carbonyl (C=O) groups excluding carboxylic acids is 1. The number of fused-ring (bicyclic) bond motifs is 1. The van der Waals surface area contributed by atoms with Crippen molar-refractivity contribution in [1.29, 1.82) is 0 Å². The van der Waals surface area contributed by atoms with Crippen LogP contribution in [0, 0.1) is 24.7 Å². The summed E-state index contributed by atoms with van der Waals surface area (Å²) in [7, 11) is 1.64. The van der Waals surface area contributed by atoms with Gasteiger partial charge in [-0.05, 0) is 79.6 Å². The number of aldehydes is 1. The predicted octanol–water partition coefficient (Wildman–Crippen LogP) is 5.04. The number of benzene rings is 2. The highest BCUT2D eigenvalue weighted by Crippen LogP contribution is 2.31. The molecule has 1 saturated carbocycles. The molecule has 0 bridgehead atoms. The molecule has 4 rings (SSSR count). The Kier molecular flexibility index (Phi) is 8.36. The van der Waals surface area contributed by atoms with E-state index in [2.05, 4.69) is 24.7 Å². The van der Waals surface area contributed by atoms with Gasteiger partial charge < -0.3 is 9.64 Å². The number of piperidine rings is 1. The molecule has 0 radical (unpaired) electrons. The number of likely N-dealkylation sites (tertiary alicyclic amines) is 1. The van der Waals surface area contributed by atoms with Crippen molar-refractivity contribution in [3.8, 4) is 18.6 Å². The molecular weight excluding hydrogens is 334 g/mol. The van der Waals surface area contributed by atoms with E-state index < -0.39 is 0 Å². The number of hydrogen-bond donors (Lipinski definition) is 0. The van der Waals surface area contributed by atoms with Crippen molar-refractivity contribution in [2.24, 2.45) is 11.8 Å². The van der Waals surface area contributed by atoms with Gasteiger partial charge in [0, 0.05) is 12.1 Å². The van der Waals surface area contributed by atoms with Crippen LogP contribution in [0.25, 0.3) is 10.8 Å². The number of ether oxygens (including phenoxy) is 1. The summed E-state index contributed by atoms with van der Waals surface area (Å²) in [6, 6.07) is 11.4. The largest absolute Gasteiger partial charge is 0.497 e. The fourth-order valence-corrected chi connectivity index (χ4v) is 3.35. The Morgan fingerprint density at radius 3 is 2.26 bits per heavy atom. The van der Waals surface area contributed by atoms with Crippen LogP contribution in [0.1, 0.15) is 43.0 Å². The first-order valence-corrected chi connectivity index (χ1v) is 9.76. The minimum Gasteiger partial charge on any atom is -0.497 e. The molecule has 0 atom stereocenters. The maximum Gasteiger partial charge on any atom is 0.150 e. The maximum absolute atomic E-state index is 10.5. The third-order valence-electron chi connectivity index (χ3n) is 5.30. The van der Waals surface area contributed by atoms with Gasteiger partial charge in [0.1, 0.15) is 12.0 Å². The highest BCUT2D eigenvalue weighted by molar-refractivity contribution is 5.89. The van der Waals surface area contributed by atoms with Crippen molar-refractivity contribution in [2.45, 2.75) is 32.6 Å². The molecule has 0 aromatic heterocycles. The average molecular weight is 366 g/mol. The lowest BCUT2D eigenvalue weighted by molar-refractivity contribution is 0.112. The highest BCUT2D eigenvalue weighted by atomic mass is 16.5. The fraction of sp³-hybridized carbons (Fsp3) is 0.458. The van der Waals surface area contributed by atoms with Crippen LogP contribution in [0.2, 0.25) is 0 Å². The Hall–Kier alpha value is -2.31. The molecule has 2 aromatic carbocycles. The molecule has 2 aromatic rings. The number of hydrogen-bond acceptors (Lipinski definition) is 3. The van der Waals surface area contributed by atoms with Crippen LogP contribution in [0.3, 0.4) is 0 Å². The molecular formula is C24H31NO2. The van der Waals surface area contributed by atoms with Crippen LogP contribution in [0.4, 0.5) is 0 Å². The number of nitrogens with zero attached hydrogens (tertiary/aromatic N) is 1. The van der Waals surface area contributed by atoms with Crippen LogP contribution in [-0.2, 0) is 0 Å². The first-order chi connectivity index (χ1) is 13.2. The SMILES string of the molecule is C#C.CC1CCN(CC2CC2)CC1.COc1ccc2cc(C=O)ccc2c1. The van der Waals surface area contributed by atoms with Crippen LogP contribution in [-0.4, -0.2) is 37.9 Å². The molecule has 0 N–H and O–H groups in total. The first kappa shape index (κ1) is 21.0. The molecule has 1 aliphatic carbocycles. The molecule has 0 unspecified atom stereocenters. The molecule has 1 saturated heterocycles. The minimum absolute atomic E-state index is 0.697. The van der Waals surface area contributed by atoms with Crippen molar-refractivity contribution in [3.05, 3.63) is 42.0 Å². The Morgan fingerprint density at radius 1 is 1.04 bits per heavy atom. The van der Waals surface area contributed by atoms with E-state index in [-0.39, 0.29) is 0 Å². The fourth-order valence-electron chi connectivity index (χ4n) is 3.35. The van der Waals surface area contributed by atoms with E-state index in [0.717, 1.165) is 34.6 Å². The number of terminal acetylenes is 1. The van der Waals surface area contributed by atoms with Gasteiger partial charge >= 0.3 is 0 Å². The van der Waals surface area contributed by atoms with E-state index >= 15 is 0 Å². The van der Waals surface area contributed by atoms with Gasteiger partial charge in [-0.1, -0.05) is 25.1 Å². The molecule has 1 heterocycles. The Morgan fingerprint density at radius 2 is 1.67 bits per heavy atom. The summed E-state index contributed by atoms with van der Waals surface area (Å²) in [5.41, 5.74) is 0.697. The Balaban J connectivity index is 0.000000181. The van der Waals surface area contributed by atoms with Gasteiger partial charge in [-0.25, -0.2) is 0 Å². The number of methoxy groups -OCH3 is 1. The van der Waals surface area contributed by atoms with Gasteiger partial charge in [0.05, 0.1) is 7.11 Å². The molecule has 27 heavy (non-hydrogen) atoms. The molecule has 0 amide bonds. The summed E-state index contributed by atoms with van der Waals surface area (Å²) >= 11 is 0. The highest BCUT2D eigenvalue weighted by Gasteiger charge is 2.25. The van der Waals surface area contributed by atoms with E-state index in [9.17, 15) is 4.79 Å². The van der Waals surface area contributed by atoms with Crippen molar-refractivity contribution in [1.82, 2.24) is 4.90 Å². The lowest BCUT2D eigenvalue weighted by atomic mass is 9.99. The Labute approximate surface area is 163 Å². The summed E-state index contributed by atoms with van der Waals surface area (Å²) in [6.07, 6.45) is 14.7. The second-order valence-electron chi connectivity index (χ2n) is 7.52. The maximum atomic E-state index is 10.5. The van der Waals surface area contributed by atoms with Crippen LogP contribution in [0.5, 0.6) is 5.75 Å². The van der Waals surface area contributed by atoms with E-state index in [0.29, 0.717) is 5.56 Å². The molecule has 144 valence electrons. The quantitative estimate of drug-likeness (QED) is 0.562. The third-order valence-corrected chi connectivity index (χ3v) is 5.30. The lowest BCUT2D eigenvalue weighted by Gasteiger charge is -2.30. The predicted molar refractivity (Wildman–Crippen MR) is 113 cm³/mol. The summed E-state index contributed by atoms with van der Waals surface area (Å²) in [5, 5.41) is 2.13. The van der Waals surface area contributed by atoms with Crippen LogP contribution >= 0.6 is 0 Å². The lowest BCUT2D eigenvalue weighted by Crippen LogP contribution is -2.34. The summed E-state index contributed by atoms with van der Waals surface area (Å²) in [6.45, 7) is 6.54. The topological polar surface area (TPSA) is 29.5 Å². The summed E-state index contributed by atoms with van der Waals surface area (Å²) < 4.78 is 5.11. The molecule has 2 aliphatic rings. The number of rotatable bonds is 4. The number of carbonyl (C=O) groups is 1. The minimum atomic E-state index is 0.697. The third kappa shape index (κ3) is 6.73. The van der Waals surface area contributed by atoms with Crippen molar-refractivity contribution in [2.75, 3.05) is 26.7 Å². The van der Waals surface area contributed by atoms with Crippen molar-refractivity contribution >= 4 is 17.1 Å². The van der Waals surface area contributed by atoms with Crippen LogP contribution < -0.4 is 4.74 Å². The summed E-state index contributed by atoms with van der Waals surface area (Å²) in [5.74, 6) is 2.91. The zero-order valence-corrected chi connectivity index (χ0v) is 16.6. The normalized spacial score (nSPS) is 17.2. The van der Waals surface area contributed by atoms with E-state index in [1.54, 1.807) is 13.2 Å². The van der Waals surface area contributed by atoms with E-state index in [4.69, 9.17) is 4.74 Å². The average Bonchev–Trinajstić information content (AvgIpc) is 3.55.